The molecule has 5 nitrogen and oxygen atoms in total. The van der Waals surface area contributed by atoms with Crippen LogP contribution in [0.25, 0.3) is 0 Å². The Morgan fingerprint density at radius 2 is 1.77 bits per heavy atom. The van der Waals surface area contributed by atoms with Crippen molar-refractivity contribution in [3.8, 4) is 0 Å². The van der Waals surface area contributed by atoms with E-state index in [9.17, 15) is 9.59 Å². The molecule has 0 radical (unpaired) electrons. The van der Waals surface area contributed by atoms with Crippen LogP contribution in [-0.2, 0) is 16.0 Å². The summed E-state index contributed by atoms with van der Waals surface area (Å²) in [5, 5.41) is 0. The molecule has 170 valence electrons. The normalized spacial score (nSPS) is 18.6. The molecule has 0 bridgehead atoms. The molecule has 1 aliphatic heterocycles. The number of nitrogens with zero attached hydrogens (tertiary/aromatic N) is 3. The predicted octanol–water partition coefficient (Wildman–Crippen LogP) is 3.75. The lowest BCUT2D eigenvalue weighted by Crippen LogP contribution is -2.50. The molecule has 2 aliphatic rings. The van der Waals surface area contributed by atoms with Gasteiger partial charge in [0, 0.05) is 32.6 Å². The summed E-state index contributed by atoms with van der Waals surface area (Å²) in [6.45, 7) is 2.03. The van der Waals surface area contributed by atoms with E-state index < -0.39 is 0 Å². The molecule has 2 amide bonds. The average Bonchev–Trinajstić information content (AvgIpc) is 2.78. The highest BCUT2D eigenvalue weighted by atomic mass is 16.2. The quantitative estimate of drug-likeness (QED) is 0.596. The molecule has 1 fully saturated rings. The van der Waals surface area contributed by atoms with Crippen LogP contribution in [0.5, 0.6) is 0 Å². The Kier molecular flexibility index (Phi) is 8.70. The molecule has 5 heteroatoms. The molecule has 1 aromatic rings. The number of likely N-dealkylation sites (N-methyl/N-ethyl adjacent to an activating group) is 2. The van der Waals surface area contributed by atoms with Crippen LogP contribution >= 0.6 is 0 Å². The molecule has 1 saturated heterocycles. The zero-order valence-corrected chi connectivity index (χ0v) is 19.6. The van der Waals surface area contributed by atoms with Gasteiger partial charge in [-0.05, 0) is 70.5 Å². The van der Waals surface area contributed by atoms with Gasteiger partial charge >= 0.3 is 0 Å². The number of piperidine rings is 1. The van der Waals surface area contributed by atoms with E-state index in [2.05, 4.69) is 30.3 Å². The van der Waals surface area contributed by atoms with Crippen LogP contribution in [0, 0.1) is 5.92 Å². The van der Waals surface area contributed by atoms with Gasteiger partial charge in [-0.15, -0.1) is 0 Å². The highest BCUT2D eigenvalue weighted by molar-refractivity contribution is 5.79. The maximum atomic E-state index is 12.8. The first-order chi connectivity index (χ1) is 14.9. The van der Waals surface area contributed by atoms with Crippen molar-refractivity contribution in [2.75, 3.05) is 40.8 Å². The maximum absolute atomic E-state index is 12.8. The van der Waals surface area contributed by atoms with Crippen LogP contribution in [-0.4, -0.2) is 73.3 Å². The minimum Gasteiger partial charge on any atom is -0.342 e. The van der Waals surface area contributed by atoms with Crippen LogP contribution in [0.15, 0.2) is 42.0 Å². The van der Waals surface area contributed by atoms with Crippen molar-refractivity contribution in [3.63, 3.8) is 0 Å². The summed E-state index contributed by atoms with van der Waals surface area (Å²) in [6.07, 6.45) is 10.3. The van der Waals surface area contributed by atoms with Gasteiger partial charge in [0.2, 0.25) is 11.8 Å². The van der Waals surface area contributed by atoms with Gasteiger partial charge in [0.1, 0.15) is 0 Å². The lowest BCUT2D eigenvalue weighted by molar-refractivity contribution is -0.136. The Hall–Kier alpha value is -2.14. The fraction of sp³-hybridized carbons (Fsp3) is 0.615. The van der Waals surface area contributed by atoms with Crippen molar-refractivity contribution in [2.24, 2.45) is 5.92 Å². The summed E-state index contributed by atoms with van der Waals surface area (Å²) in [5.74, 6) is 0.853. The van der Waals surface area contributed by atoms with Crippen LogP contribution in [0.3, 0.4) is 0 Å². The third-order valence-electron chi connectivity index (χ3n) is 6.83. The molecular weight excluding hydrogens is 386 g/mol. The summed E-state index contributed by atoms with van der Waals surface area (Å²) >= 11 is 0. The Labute approximate surface area is 188 Å². The van der Waals surface area contributed by atoms with Crippen molar-refractivity contribution < 1.29 is 9.59 Å². The van der Waals surface area contributed by atoms with Crippen molar-refractivity contribution in [1.82, 2.24) is 14.7 Å². The molecule has 1 aliphatic carbocycles. The van der Waals surface area contributed by atoms with Gasteiger partial charge in [0.25, 0.3) is 0 Å². The first-order valence-electron chi connectivity index (χ1n) is 11.8. The first-order valence-corrected chi connectivity index (χ1v) is 11.8. The fourth-order valence-corrected chi connectivity index (χ4v) is 4.95. The zero-order valence-electron chi connectivity index (χ0n) is 19.6. The molecule has 1 unspecified atom stereocenters. The monoisotopic (exact) mass is 425 g/mol. The number of hydrogen-bond acceptors (Lipinski definition) is 3. The first kappa shape index (κ1) is 23.5. The molecule has 3 rings (SSSR count). The standard InChI is InChI=1S/C26H39N3O2/c1-27(2)20-26(31)28(3)24(18-21-10-6-4-7-11-21)23-14-16-29(17-15-23)25(30)19-22-12-8-5-9-13-22/h4,6-7,10-12,23-24H,5,8-9,13-20H2,1-3H3. The second-order valence-corrected chi connectivity index (χ2v) is 9.50. The third kappa shape index (κ3) is 6.93. The van der Waals surface area contributed by atoms with Gasteiger partial charge in [-0.3, -0.25) is 9.59 Å². The highest BCUT2D eigenvalue weighted by Crippen LogP contribution is 2.28. The second-order valence-electron chi connectivity index (χ2n) is 9.50. The van der Waals surface area contributed by atoms with Gasteiger partial charge in [-0.2, -0.15) is 0 Å². The Bertz CT molecular complexity index is 751. The molecular formula is C26H39N3O2. The number of allylic oxidation sites excluding steroid dienone is 1. The van der Waals surface area contributed by atoms with Crippen molar-refractivity contribution in [2.45, 2.75) is 57.4 Å². The van der Waals surface area contributed by atoms with E-state index in [1.165, 1.54) is 24.0 Å². The van der Waals surface area contributed by atoms with E-state index >= 15 is 0 Å². The van der Waals surface area contributed by atoms with Gasteiger partial charge in [-0.25, -0.2) is 0 Å². The summed E-state index contributed by atoms with van der Waals surface area (Å²) in [6, 6.07) is 10.6. The number of hydrogen-bond donors (Lipinski definition) is 0. The number of benzene rings is 1. The number of carbonyl (C=O) groups is 2. The molecule has 0 N–H and O–H groups in total. The number of carbonyl (C=O) groups excluding carboxylic acids is 2. The Balaban J connectivity index is 1.62. The van der Waals surface area contributed by atoms with E-state index in [0.717, 1.165) is 45.2 Å². The lowest BCUT2D eigenvalue weighted by atomic mass is 9.84. The fourth-order valence-electron chi connectivity index (χ4n) is 4.95. The number of rotatable bonds is 8. The van der Waals surface area contributed by atoms with E-state index in [0.29, 0.717) is 18.9 Å². The second kappa shape index (κ2) is 11.5. The third-order valence-corrected chi connectivity index (χ3v) is 6.83. The molecule has 0 saturated carbocycles. The van der Waals surface area contributed by atoms with E-state index in [1.54, 1.807) is 0 Å². The highest BCUT2D eigenvalue weighted by Gasteiger charge is 2.32. The molecule has 1 aromatic carbocycles. The largest absolute Gasteiger partial charge is 0.342 e. The summed E-state index contributed by atoms with van der Waals surface area (Å²) < 4.78 is 0. The molecule has 1 atom stereocenters. The van der Waals surface area contributed by atoms with Crippen LogP contribution in [0.4, 0.5) is 0 Å². The minimum atomic E-state index is 0.160. The predicted molar refractivity (Wildman–Crippen MR) is 126 cm³/mol. The molecule has 31 heavy (non-hydrogen) atoms. The summed E-state index contributed by atoms with van der Waals surface area (Å²) in [5.41, 5.74) is 2.59. The van der Waals surface area contributed by atoms with Crippen LogP contribution in [0.2, 0.25) is 0 Å². The molecule has 0 spiro atoms. The van der Waals surface area contributed by atoms with E-state index in [-0.39, 0.29) is 17.9 Å². The number of amides is 2. The van der Waals surface area contributed by atoms with E-state index in [1.807, 2.05) is 41.9 Å². The van der Waals surface area contributed by atoms with Crippen LogP contribution in [0.1, 0.15) is 50.5 Å². The Morgan fingerprint density at radius 1 is 1.06 bits per heavy atom. The minimum absolute atomic E-state index is 0.160. The summed E-state index contributed by atoms with van der Waals surface area (Å²) in [4.78, 5) is 31.6. The van der Waals surface area contributed by atoms with Gasteiger partial charge < -0.3 is 14.7 Å². The van der Waals surface area contributed by atoms with Gasteiger partial charge in [0.15, 0.2) is 0 Å². The van der Waals surface area contributed by atoms with E-state index in [4.69, 9.17) is 0 Å². The molecule has 0 aromatic heterocycles. The smallest absolute Gasteiger partial charge is 0.236 e. The lowest BCUT2D eigenvalue weighted by Gasteiger charge is -2.40. The maximum Gasteiger partial charge on any atom is 0.236 e. The molecule has 1 heterocycles. The van der Waals surface area contributed by atoms with Crippen molar-refractivity contribution >= 4 is 11.8 Å². The van der Waals surface area contributed by atoms with Gasteiger partial charge in [-0.1, -0.05) is 42.0 Å². The summed E-state index contributed by atoms with van der Waals surface area (Å²) in [7, 11) is 5.82. The van der Waals surface area contributed by atoms with Crippen LogP contribution < -0.4 is 0 Å². The topological polar surface area (TPSA) is 43.9 Å². The average molecular weight is 426 g/mol. The van der Waals surface area contributed by atoms with Crippen molar-refractivity contribution in [1.29, 1.82) is 0 Å². The number of likely N-dealkylation sites (tertiary alicyclic amines) is 1. The SMILES string of the molecule is CN(C)CC(=O)N(C)C(Cc1ccccc1)C1CCN(C(=O)CC2=CCCCC2)CC1. The van der Waals surface area contributed by atoms with Gasteiger partial charge in [0.05, 0.1) is 6.54 Å². The van der Waals surface area contributed by atoms with Crippen molar-refractivity contribution in [3.05, 3.63) is 47.5 Å². The Morgan fingerprint density at radius 3 is 2.39 bits per heavy atom. The zero-order chi connectivity index (χ0) is 22.2.